The molecule has 1 rings (SSSR count). The zero-order valence-corrected chi connectivity index (χ0v) is 19.9. The molecule has 0 aromatic rings. The summed E-state index contributed by atoms with van der Waals surface area (Å²) in [6, 6.07) is -5.54. The molecular formula is C19H33N7O10. The zero-order chi connectivity index (χ0) is 27.3. The first kappa shape index (κ1) is 30.5. The Morgan fingerprint density at radius 2 is 1.69 bits per heavy atom. The molecular weight excluding hydrogens is 486 g/mol. The summed E-state index contributed by atoms with van der Waals surface area (Å²) in [5.41, 5.74) is 7.26. The van der Waals surface area contributed by atoms with E-state index < -0.39 is 79.4 Å². The fraction of sp³-hybridized carbons (Fsp3) is 0.684. The van der Waals surface area contributed by atoms with Gasteiger partial charge in [-0.2, -0.15) is 0 Å². The predicted octanol–water partition coefficient (Wildman–Crippen LogP) is -5.59. The van der Waals surface area contributed by atoms with Crippen molar-refractivity contribution in [3.05, 3.63) is 0 Å². The number of hydrazine groups is 1. The summed E-state index contributed by atoms with van der Waals surface area (Å²) in [5, 5.41) is 29.0. The van der Waals surface area contributed by atoms with E-state index in [1.807, 2.05) is 0 Å². The summed E-state index contributed by atoms with van der Waals surface area (Å²) in [6.07, 6.45) is -2.04. The van der Waals surface area contributed by atoms with Gasteiger partial charge in [-0.15, -0.1) is 0 Å². The number of nitrogens with two attached hydrogens (primary N) is 1. The van der Waals surface area contributed by atoms with Crippen LogP contribution in [0.15, 0.2) is 0 Å². The van der Waals surface area contributed by atoms with Crippen molar-refractivity contribution in [1.82, 2.24) is 31.7 Å². The number of aliphatic hydroxyl groups excluding tert-OH is 2. The molecule has 0 radical (unpaired) electrons. The molecule has 1 aliphatic rings. The number of urea groups is 1. The molecule has 1 saturated heterocycles. The summed E-state index contributed by atoms with van der Waals surface area (Å²) < 4.78 is 10.4. The van der Waals surface area contributed by atoms with Crippen LogP contribution in [0.3, 0.4) is 0 Å². The lowest BCUT2D eigenvalue weighted by molar-refractivity contribution is -0.146. The van der Waals surface area contributed by atoms with Crippen molar-refractivity contribution < 1.29 is 48.5 Å². The van der Waals surface area contributed by atoms with Crippen LogP contribution >= 0.6 is 0 Å². The lowest BCUT2D eigenvalue weighted by Crippen LogP contribution is -2.61. The van der Waals surface area contributed by atoms with Crippen molar-refractivity contribution in [1.29, 1.82) is 0 Å². The third kappa shape index (κ3) is 10.8. The van der Waals surface area contributed by atoms with Gasteiger partial charge in [0.15, 0.2) is 0 Å². The van der Waals surface area contributed by atoms with Gasteiger partial charge in [0.1, 0.15) is 24.7 Å². The highest BCUT2D eigenvalue weighted by Gasteiger charge is 2.32. The minimum atomic E-state index is -1.59. The molecule has 1 aliphatic heterocycles. The van der Waals surface area contributed by atoms with Gasteiger partial charge in [0, 0.05) is 13.6 Å². The fourth-order valence-electron chi connectivity index (χ4n) is 2.83. The van der Waals surface area contributed by atoms with E-state index in [9.17, 15) is 39.0 Å². The van der Waals surface area contributed by atoms with E-state index in [4.69, 9.17) is 15.2 Å². The van der Waals surface area contributed by atoms with Gasteiger partial charge in [-0.1, -0.05) is 0 Å². The first-order valence-electron chi connectivity index (χ1n) is 10.9. The van der Waals surface area contributed by atoms with Crippen molar-refractivity contribution in [2.45, 2.75) is 37.6 Å². The van der Waals surface area contributed by atoms with E-state index >= 15 is 0 Å². The van der Waals surface area contributed by atoms with Gasteiger partial charge in [0.05, 0.1) is 39.0 Å². The molecule has 17 heteroatoms. The van der Waals surface area contributed by atoms with Crippen LogP contribution in [-0.4, -0.2) is 122 Å². The highest BCUT2D eigenvalue weighted by molar-refractivity contribution is 5.94. The summed E-state index contributed by atoms with van der Waals surface area (Å²) in [4.78, 5) is 73.4. The van der Waals surface area contributed by atoms with Crippen LogP contribution in [0.1, 0.15) is 13.3 Å². The molecule has 0 spiro atoms. The van der Waals surface area contributed by atoms with Gasteiger partial charge in [0.2, 0.25) is 17.7 Å². The molecule has 0 saturated carbocycles. The van der Waals surface area contributed by atoms with Crippen LogP contribution in [0.2, 0.25) is 0 Å². The third-order valence-corrected chi connectivity index (χ3v) is 4.66. The van der Waals surface area contributed by atoms with Crippen LogP contribution in [0.4, 0.5) is 4.79 Å². The number of carbonyl (C=O) groups is 6. The summed E-state index contributed by atoms with van der Waals surface area (Å²) >= 11 is 0. The average molecular weight is 520 g/mol. The van der Waals surface area contributed by atoms with Crippen molar-refractivity contribution in [2.75, 3.05) is 46.6 Å². The van der Waals surface area contributed by atoms with Crippen LogP contribution in [0.25, 0.3) is 0 Å². The van der Waals surface area contributed by atoms with Crippen LogP contribution in [-0.2, 0) is 33.4 Å². The zero-order valence-electron chi connectivity index (χ0n) is 19.9. The van der Waals surface area contributed by atoms with Crippen molar-refractivity contribution in [2.24, 2.45) is 5.73 Å². The lowest BCUT2D eigenvalue weighted by Gasteiger charge is -2.28. The number of rotatable bonds is 4. The number of nitrogens with zero attached hydrogens (tertiary/aromatic N) is 1. The van der Waals surface area contributed by atoms with Crippen molar-refractivity contribution in [3.8, 4) is 0 Å². The van der Waals surface area contributed by atoms with E-state index in [1.54, 1.807) is 0 Å². The molecule has 0 aliphatic carbocycles. The molecule has 204 valence electrons. The number of amides is 7. The van der Waals surface area contributed by atoms with Crippen LogP contribution in [0, 0.1) is 0 Å². The Morgan fingerprint density at radius 3 is 2.31 bits per heavy atom. The number of primary amides is 1. The van der Waals surface area contributed by atoms with E-state index in [0.29, 0.717) is 5.01 Å². The highest BCUT2D eigenvalue weighted by Crippen LogP contribution is 2.00. The molecule has 9 N–H and O–H groups in total. The Kier molecular flexibility index (Phi) is 13.1. The fourth-order valence-corrected chi connectivity index (χ4v) is 2.83. The molecule has 4 atom stereocenters. The molecule has 1 heterocycles. The van der Waals surface area contributed by atoms with E-state index in [2.05, 4.69) is 26.7 Å². The second-order valence-electron chi connectivity index (χ2n) is 7.69. The van der Waals surface area contributed by atoms with Gasteiger partial charge >= 0.3 is 6.03 Å². The van der Waals surface area contributed by atoms with Crippen LogP contribution in [0.5, 0.6) is 0 Å². The molecule has 0 aromatic carbocycles. The maximum absolute atomic E-state index is 12.7. The number of nitrogens with one attached hydrogen (secondary N) is 5. The van der Waals surface area contributed by atoms with E-state index in [1.165, 1.54) is 6.92 Å². The first-order valence-corrected chi connectivity index (χ1v) is 10.9. The largest absolute Gasteiger partial charge is 0.394 e. The average Bonchev–Trinajstić information content (AvgIpc) is 2.80. The Bertz CT molecular complexity index is 809. The number of hydrogen-bond acceptors (Lipinski definition) is 10. The second kappa shape index (κ2) is 15.5. The topological polar surface area (TPSA) is 251 Å². The second-order valence-corrected chi connectivity index (χ2v) is 7.69. The molecule has 1 unspecified atom stereocenters. The summed E-state index contributed by atoms with van der Waals surface area (Å²) in [6.45, 7) is 0.162. The Hall–Kier alpha value is -3.54. The van der Waals surface area contributed by atoms with Gasteiger partial charge < -0.3 is 46.7 Å². The monoisotopic (exact) mass is 519 g/mol. The van der Waals surface area contributed by atoms with E-state index in [0.717, 1.165) is 7.05 Å². The molecule has 17 nitrogen and oxygen atoms in total. The smallest absolute Gasteiger partial charge is 0.316 e. The van der Waals surface area contributed by atoms with Gasteiger partial charge in [-0.05, 0) is 6.92 Å². The first-order chi connectivity index (χ1) is 17.0. The molecule has 7 amide bonds. The Labute approximate surface area is 206 Å². The quantitative estimate of drug-likeness (QED) is 0.175. The number of likely N-dealkylation sites (N-methyl/N-ethyl adjacent to an activating group) is 1. The number of carbonyl (C=O) groups excluding carboxylic acids is 6. The molecule has 1 fully saturated rings. The Balaban J connectivity index is 3.08. The maximum Gasteiger partial charge on any atom is 0.316 e. The number of hydrogen-bond donors (Lipinski definition) is 8. The summed E-state index contributed by atoms with van der Waals surface area (Å²) in [5.74, 6) is -4.43. The molecule has 0 aromatic heterocycles. The third-order valence-electron chi connectivity index (χ3n) is 4.66. The summed E-state index contributed by atoms with van der Waals surface area (Å²) in [7, 11) is 1.11. The van der Waals surface area contributed by atoms with Gasteiger partial charge in [-0.25, -0.2) is 4.79 Å². The SMILES string of the molecule is CC(O)[C@H]1NC(=O)COCCOCCNC(=O)[C@@H](CO)NC(=O)N[C@H](CC(N)=O)C(=O)NN(C)C1=O. The number of ether oxygens (including phenoxy) is 2. The number of aliphatic hydroxyl groups is 2. The highest BCUT2D eigenvalue weighted by atomic mass is 16.5. The molecule has 0 bridgehead atoms. The minimum Gasteiger partial charge on any atom is -0.394 e. The maximum atomic E-state index is 12.7. The standard InChI is InChI=1S/C19H33N7O10/c1-10(28)15-18(33)26(2)25-17(32)11(7-13(20)29)22-19(34)23-12(8-27)16(31)21-3-4-35-5-6-36-9-14(30)24-15/h10-12,15,27-28H,3-9H2,1-2H3,(H2,20,29)(H,21,31)(H,24,30)(H,25,32)(H2,22,23,34)/t10?,11-,12-,15-/m1/s1. The normalized spacial score (nSPS) is 25.3. The van der Waals surface area contributed by atoms with Gasteiger partial charge in [0.25, 0.3) is 11.8 Å². The van der Waals surface area contributed by atoms with Crippen LogP contribution < -0.4 is 32.4 Å². The van der Waals surface area contributed by atoms with Crippen molar-refractivity contribution in [3.63, 3.8) is 0 Å². The minimum absolute atomic E-state index is 0.00681. The van der Waals surface area contributed by atoms with Gasteiger partial charge in [-0.3, -0.25) is 34.4 Å². The molecule has 36 heavy (non-hydrogen) atoms. The lowest BCUT2D eigenvalue weighted by atomic mass is 10.1. The van der Waals surface area contributed by atoms with E-state index in [-0.39, 0.29) is 26.4 Å². The Morgan fingerprint density at radius 1 is 1.06 bits per heavy atom. The van der Waals surface area contributed by atoms with Crippen molar-refractivity contribution >= 4 is 35.6 Å². The predicted molar refractivity (Wildman–Crippen MR) is 119 cm³/mol.